The van der Waals surface area contributed by atoms with E-state index < -0.39 is 37.3 Å². The molecule has 5 atom stereocenters. The van der Waals surface area contributed by atoms with Gasteiger partial charge in [0.15, 0.2) is 12.6 Å². The minimum Gasteiger partial charge on any atom is -0.394 e. The maximum absolute atomic E-state index is 11.3. The van der Waals surface area contributed by atoms with E-state index in [-0.39, 0.29) is 6.61 Å². The van der Waals surface area contributed by atoms with Gasteiger partial charge in [-0.15, -0.1) is 0 Å². The fourth-order valence-corrected chi connectivity index (χ4v) is 3.04. The number of aliphatic hydroxyl groups excluding tert-OH is 4. The second kappa shape index (κ2) is 8.74. The largest absolute Gasteiger partial charge is 0.394 e. The molecule has 4 N–H and O–H groups in total. The van der Waals surface area contributed by atoms with Crippen LogP contribution in [0.4, 0.5) is 0 Å². The highest BCUT2D eigenvalue weighted by molar-refractivity contribution is 5.72. The summed E-state index contributed by atoms with van der Waals surface area (Å²) in [6.07, 6.45) is -2.46. The normalized spacial score (nSPS) is 28.4. The van der Waals surface area contributed by atoms with Crippen molar-refractivity contribution in [2.24, 2.45) is 0 Å². The van der Waals surface area contributed by atoms with Crippen LogP contribution in [0.5, 0.6) is 0 Å². The minimum absolute atomic E-state index is 0.00433. The van der Waals surface area contributed by atoms with Crippen molar-refractivity contribution in [3.8, 4) is 0 Å². The molecule has 10 heteroatoms. The fourth-order valence-electron chi connectivity index (χ4n) is 3.04. The summed E-state index contributed by atoms with van der Waals surface area (Å²) in [7, 11) is 0. The summed E-state index contributed by atoms with van der Waals surface area (Å²) in [6, 6.07) is 5.18. The monoisotopic (exact) mass is 381 g/mol. The molecule has 10 nitrogen and oxygen atoms in total. The Morgan fingerprint density at radius 2 is 2.00 bits per heavy atom. The van der Waals surface area contributed by atoms with E-state index in [9.17, 15) is 25.2 Å². The Morgan fingerprint density at radius 1 is 1.19 bits per heavy atom. The lowest BCUT2D eigenvalue weighted by Crippen LogP contribution is -2.59. The molecule has 1 fully saturated rings. The second-order valence-electron chi connectivity index (χ2n) is 6.30. The molecule has 0 amide bonds. The number of hydrogen-bond acceptors (Lipinski definition) is 8. The quantitative estimate of drug-likeness (QED) is 0.406. The maximum atomic E-state index is 11.3. The van der Waals surface area contributed by atoms with Gasteiger partial charge in [-0.25, -0.2) is 0 Å². The average Bonchev–Trinajstić information content (AvgIpc) is 3.33. The molecule has 0 bridgehead atoms. The van der Waals surface area contributed by atoms with Gasteiger partial charge in [-0.1, -0.05) is 0 Å². The van der Waals surface area contributed by atoms with Gasteiger partial charge in [-0.3, -0.25) is 9.48 Å². The summed E-state index contributed by atoms with van der Waals surface area (Å²) < 4.78 is 14.4. The Morgan fingerprint density at radius 3 is 2.67 bits per heavy atom. The Hall–Kier alpha value is -2.08. The van der Waals surface area contributed by atoms with Crippen LogP contribution < -0.4 is 0 Å². The average molecular weight is 381 g/mol. The first kappa shape index (κ1) is 19.7. The molecule has 27 heavy (non-hydrogen) atoms. The van der Waals surface area contributed by atoms with Crippen LogP contribution in [0.1, 0.15) is 16.2 Å². The van der Waals surface area contributed by atoms with Gasteiger partial charge in [0.2, 0.25) is 0 Å². The molecule has 1 saturated heterocycles. The number of rotatable bonds is 8. The summed E-state index contributed by atoms with van der Waals surface area (Å²) in [6.45, 7) is 0.502. The molecule has 2 aromatic heterocycles. The lowest BCUT2D eigenvalue weighted by atomic mass is 9.99. The molecule has 2 aromatic rings. The van der Waals surface area contributed by atoms with E-state index in [1.54, 1.807) is 33.6 Å². The third kappa shape index (κ3) is 4.26. The van der Waals surface area contributed by atoms with E-state index >= 15 is 0 Å². The number of aliphatic hydroxyl groups is 4. The highest BCUT2D eigenvalue weighted by Gasteiger charge is 2.44. The number of nitrogens with zero attached hydrogens (tertiary/aromatic N) is 3. The summed E-state index contributed by atoms with van der Waals surface area (Å²) in [4.78, 5) is 11.3. The van der Waals surface area contributed by atoms with Gasteiger partial charge in [-0.05, 0) is 18.2 Å². The van der Waals surface area contributed by atoms with Crippen LogP contribution in [0, 0.1) is 0 Å². The Labute approximate surface area is 155 Å². The minimum atomic E-state index is -1.50. The molecule has 1 aliphatic rings. The number of carbonyl (C=O) groups is 1. The van der Waals surface area contributed by atoms with Crippen LogP contribution in [0.2, 0.25) is 0 Å². The van der Waals surface area contributed by atoms with Crippen molar-refractivity contribution in [2.45, 2.75) is 50.4 Å². The maximum Gasteiger partial charge on any atom is 0.187 e. The van der Waals surface area contributed by atoms with Gasteiger partial charge in [0.1, 0.15) is 24.4 Å². The van der Waals surface area contributed by atoms with Crippen LogP contribution in [0.25, 0.3) is 0 Å². The standard InChI is InChI=1S/C17H23N3O7/c21-8-11-2-3-12(20(11)7-6-19-5-1-4-18-19)10-26-17-16(25)15(24)14(23)13(9-22)27-17/h1-5,8,13-17,22-25H,6-7,9-10H2. The number of aryl methyl sites for hydroxylation is 1. The molecule has 0 saturated carbocycles. The highest BCUT2D eigenvalue weighted by Crippen LogP contribution is 2.23. The van der Waals surface area contributed by atoms with E-state index in [1.165, 1.54) is 0 Å². The van der Waals surface area contributed by atoms with Gasteiger partial charge in [0.25, 0.3) is 0 Å². The third-order valence-corrected chi connectivity index (χ3v) is 4.58. The van der Waals surface area contributed by atoms with Crippen LogP contribution in [0.15, 0.2) is 30.6 Å². The van der Waals surface area contributed by atoms with Crippen molar-refractivity contribution >= 4 is 6.29 Å². The molecule has 3 heterocycles. The number of ether oxygens (including phenoxy) is 2. The second-order valence-corrected chi connectivity index (χ2v) is 6.30. The zero-order chi connectivity index (χ0) is 19.4. The molecule has 1 aliphatic heterocycles. The molecule has 0 aliphatic carbocycles. The van der Waals surface area contributed by atoms with E-state index in [1.807, 2.05) is 6.20 Å². The zero-order valence-corrected chi connectivity index (χ0v) is 14.5. The number of hydrogen-bond donors (Lipinski definition) is 4. The van der Waals surface area contributed by atoms with Gasteiger partial charge in [0.05, 0.1) is 25.5 Å². The fraction of sp³-hybridized carbons (Fsp3) is 0.529. The third-order valence-electron chi connectivity index (χ3n) is 4.58. The first-order chi connectivity index (χ1) is 13.0. The molecule has 148 valence electrons. The van der Waals surface area contributed by atoms with Crippen molar-refractivity contribution in [1.82, 2.24) is 14.3 Å². The molecule has 0 radical (unpaired) electrons. The summed E-state index contributed by atoms with van der Waals surface area (Å²) >= 11 is 0. The first-order valence-electron chi connectivity index (χ1n) is 8.58. The van der Waals surface area contributed by atoms with E-state index in [0.29, 0.717) is 24.5 Å². The van der Waals surface area contributed by atoms with Crippen LogP contribution in [0.3, 0.4) is 0 Å². The molecular weight excluding hydrogens is 358 g/mol. The van der Waals surface area contributed by atoms with E-state index in [0.717, 1.165) is 6.29 Å². The van der Waals surface area contributed by atoms with Crippen LogP contribution >= 0.6 is 0 Å². The predicted molar refractivity (Wildman–Crippen MR) is 90.6 cm³/mol. The van der Waals surface area contributed by atoms with E-state index in [2.05, 4.69) is 5.10 Å². The zero-order valence-electron chi connectivity index (χ0n) is 14.5. The van der Waals surface area contributed by atoms with Gasteiger partial charge in [0, 0.05) is 24.6 Å². The van der Waals surface area contributed by atoms with Crippen molar-refractivity contribution < 1.29 is 34.7 Å². The van der Waals surface area contributed by atoms with Crippen molar-refractivity contribution in [3.05, 3.63) is 42.0 Å². The number of aromatic nitrogens is 3. The van der Waals surface area contributed by atoms with Crippen molar-refractivity contribution in [1.29, 1.82) is 0 Å². The first-order valence-corrected chi connectivity index (χ1v) is 8.58. The van der Waals surface area contributed by atoms with E-state index in [4.69, 9.17) is 9.47 Å². The highest BCUT2D eigenvalue weighted by atomic mass is 16.7. The Kier molecular flexibility index (Phi) is 6.37. The molecule has 0 spiro atoms. The Bertz CT molecular complexity index is 731. The van der Waals surface area contributed by atoms with Crippen LogP contribution in [-0.2, 0) is 29.2 Å². The lowest BCUT2D eigenvalue weighted by molar-refractivity contribution is -0.304. The SMILES string of the molecule is O=Cc1ccc(COC2OC(CO)C(O)C(O)C2O)n1CCn1cccn1. The molecular formula is C17H23N3O7. The Balaban J connectivity index is 1.66. The topological polar surface area (TPSA) is 139 Å². The van der Waals surface area contributed by atoms with Crippen molar-refractivity contribution in [2.75, 3.05) is 6.61 Å². The summed E-state index contributed by atoms with van der Waals surface area (Å²) in [5.74, 6) is 0. The summed E-state index contributed by atoms with van der Waals surface area (Å²) in [5, 5.41) is 43.0. The predicted octanol–water partition coefficient (Wildman–Crippen LogP) is -1.49. The lowest BCUT2D eigenvalue weighted by Gasteiger charge is -2.39. The van der Waals surface area contributed by atoms with Crippen molar-refractivity contribution in [3.63, 3.8) is 0 Å². The van der Waals surface area contributed by atoms with Crippen LogP contribution in [-0.4, -0.2) is 78.4 Å². The van der Waals surface area contributed by atoms with Gasteiger partial charge >= 0.3 is 0 Å². The smallest absolute Gasteiger partial charge is 0.187 e. The summed E-state index contributed by atoms with van der Waals surface area (Å²) in [5.41, 5.74) is 1.13. The van der Waals surface area contributed by atoms with Gasteiger partial charge in [-0.2, -0.15) is 5.10 Å². The molecule has 3 rings (SSSR count). The van der Waals surface area contributed by atoms with Gasteiger partial charge < -0.3 is 34.5 Å². The number of carbonyl (C=O) groups excluding carboxylic acids is 1. The number of aldehydes is 1. The molecule has 0 aromatic carbocycles. The molecule has 5 unspecified atom stereocenters.